The van der Waals surface area contributed by atoms with Crippen molar-refractivity contribution in [3.8, 4) is 10.8 Å². The van der Waals surface area contributed by atoms with Crippen molar-refractivity contribution in [2.75, 3.05) is 19.7 Å². The Morgan fingerprint density at radius 1 is 0.912 bits per heavy atom. The predicted octanol–water partition coefficient (Wildman–Crippen LogP) is 7.21. The van der Waals surface area contributed by atoms with Crippen molar-refractivity contribution in [1.29, 1.82) is 0 Å². The summed E-state index contributed by atoms with van der Waals surface area (Å²) >= 11 is 8.05. The summed E-state index contributed by atoms with van der Waals surface area (Å²) in [6, 6.07) is 11.6. The first-order valence-electron chi connectivity index (χ1n) is 19.9. The standard InChI is InChI=1S/C43H44ClN7O5S/c1-24-25(2)57-41-33(24)35(27-13-15-28(44)16-14-27)45-36(37-48-47-26(3)50(37)41)30-17-21-49(30)20-8-6-4-5-7-9-22-56-32-12-10-11-29-34(32)40(54)51(39(29)53)31-23-43(18-19-43)42(55)46-38(31)52/h10-17,31,36H,4-9,18-23H2,1-3H3,(H,46,52,55)/t31?,36-/m0/s1. The molecule has 9 rings (SSSR count). The summed E-state index contributed by atoms with van der Waals surface area (Å²) in [5, 5.41) is 13.4. The van der Waals surface area contributed by atoms with Crippen LogP contribution in [-0.2, 0) is 9.59 Å². The minimum atomic E-state index is -0.998. The number of nitrogens with zero attached hydrogens (tertiary/aromatic N) is 6. The van der Waals surface area contributed by atoms with Gasteiger partial charge in [-0.25, -0.2) is 0 Å². The van der Waals surface area contributed by atoms with E-state index in [1.165, 1.54) is 10.4 Å². The number of halogens is 1. The van der Waals surface area contributed by atoms with E-state index >= 15 is 0 Å². The first-order chi connectivity index (χ1) is 27.6. The predicted molar refractivity (Wildman–Crippen MR) is 216 cm³/mol. The van der Waals surface area contributed by atoms with Gasteiger partial charge in [-0.05, 0) is 88.8 Å². The highest BCUT2D eigenvalue weighted by Crippen LogP contribution is 2.52. The maximum Gasteiger partial charge on any atom is 0.266 e. The molecule has 5 aliphatic rings. The Hall–Kier alpha value is -5.14. The first-order valence-corrected chi connectivity index (χ1v) is 21.1. The van der Waals surface area contributed by atoms with Gasteiger partial charge >= 0.3 is 0 Å². The Bertz CT molecular complexity index is 2390. The van der Waals surface area contributed by atoms with E-state index < -0.39 is 29.2 Å². The number of amides is 4. The fourth-order valence-electron chi connectivity index (χ4n) is 8.60. The Morgan fingerprint density at radius 2 is 1.67 bits per heavy atom. The topological polar surface area (TPSA) is 139 Å². The number of ether oxygens (including phenoxy) is 1. The third-order valence-electron chi connectivity index (χ3n) is 12.2. The zero-order chi connectivity index (χ0) is 39.6. The van der Waals surface area contributed by atoms with Crippen molar-refractivity contribution in [3.63, 3.8) is 0 Å². The molecule has 1 N–H and O–H groups in total. The SMILES string of the molecule is Cc1sc2c(c1C)C(c1ccc(Cl)cc1)=N[C@@H](C1=CCN1CCCCCCCCOc1cccc3c1C(=O)N(C1CC4(CC4)C(=O)NC1=O)C3=O)c1nnc(C)n1-2. The lowest BCUT2D eigenvalue weighted by atomic mass is 9.90. The quantitative estimate of drug-likeness (QED) is 0.111. The van der Waals surface area contributed by atoms with Gasteiger partial charge in [-0.1, -0.05) is 55.5 Å². The third-order valence-corrected chi connectivity index (χ3v) is 13.6. The fourth-order valence-corrected chi connectivity index (χ4v) is 9.94. The number of piperidine rings is 1. The number of hydrogen-bond donors (Lipinski definition) is 1. The van der Waals surface area contributed by atoms with Crippen molar-refractivity contribution in [1.82, 2.24) is 29.9 Å². The van der Waals surface area contributed by atoms with Gasteiger partial charge < -0.3 is 9.64 Å². The summed E-state index contributed by atoms with van der Waals surface area (Å²) in [6.45, 7) is 8.56. The fraction of sp³-hybridized carbons (Fsp3) is 0.419. The average molecular weight is 806 g/mol. The van der Waals surface area contributed by atoms with Crippen molar-refractivity contribution in [2.45, 2.75) is 90.6 Å². The van der Waals surface area contributed by atoms with Crippen LogP contribution in [-0.4, -0.2) is 79.6 Å². The van der Waals surface area contributed by atoms with Crippen LogP contribution in [0.4, 0.5) is 0 Å². The van der Waals surface area contributed by atoms with E-state index in [-0.39, 0.29) is 29.5 Å². The normalized spacial score (nSPS) is 20.4. The van der Waals surface area contributed by atoms with E-state index in [1.54, 1.807) is 29.5 Å². The van der Waals surface area contributed by atoms with E-state index in [4.69, 9.17) is 26.4 Å². The van der Waals surface area contributed by atoms with Gasteiger partial charge in [-0.2, -0.15) is 0 Å². The third kappa shape index (κ3) is 6.48. The van der Waals surface area contributed by atoms with E-state index in [1.807, 2.05) is 31.2 Å². The molecule has 4 aliphatic heterocycles. The number of aryl methyl sites for hydroxylation is 2. The lowest BCUT2D eigenvalue weighted by molar-refractivity contribution is -0.141. The number of carbonyl (C=O) groups excluding carboxylic acids is 4. The van der Waals surface area contributed by atoms with E-state index in [0.29, 0.717) is 30.2 Å². The molecule has 12 nitrogen and oxygen atoms in total. The van der Waals surface area contributed by atoms with Crippen molar-refractivity contribution < 1.29 is 23.9 Å². The summed E-state index contributed by atoms with van der Waals surface area (Å²) in [5.41, 5.74) is 5.27. The highest BCUT2D eigenvalue weighted by molar-refractivity contribution is 7.15. The van der Waals surface area contributed by atoms with Crippen LogP contribution in [0.1, 0.15) is 118 Å². The number of thiophene rings is 1. The molecule has 4 amide bonds. The first kappa shape index (κ1) is 37.4. The summed E-state index contributed by atoms with van der Waals surface area (Å²) < 4.78 is 8.25. The van der Waals surface area contributed by atoms with Crippen molar-refractivity contribution >= 4 is 52.3 Å². The van der Waals surface area contributed by atoms with Gasteiger partial charge in [-0.15, -0.1) is 21.5 Å². The summed E-state index contributed by atoms with van der Waals surface area (Å²) in [7, 11) is 0. The van der Waals surface area contributed by atoms with Crippen LogP contribution >= 0.6 is 22.9 Å². The molecule has 2 fully saturated rings. The number of carbonyl (C=O) groups is 4. The average Bonchev–Trinajstić information content (AvgIpc) is 3.73. The zero-order valence-corrected chi connectivity index (χ0v) is 33.8. The molecule has 2 atom stereocenters. The van der Waals surface area contributed by atoms with Gasteiger partial charge in [0.2, 0.25) is 11.8 Å². The summed E-state index contributed by atoms with van der Waals surface area (Å²) in [5.74, 6) is 0.0817. The number of aliphatic imine (C=N–C) groups is 1. The number of imide groups is 2. The molecule has 1 saturated carbocycles. The molecule has 57 heavy (non-hydrogen) atoms. The van der Waals surface area contributed by atoms with E-state index in [2.05, 4.69) is 39.8 Å². The Labute approximate surface area is 340 Å². The lowest BCUT2D eigenvalue weighted by Crippen LogP contribution is -2.58. The molecule has 2 aromatic heterocycles. The molecule has 1 unspecified atom stereocenters. The van der Waals surface area contributed by atoms with Crippen LogP contribution in [0.5, 0.6) is 5.75 Å². The number of rotatable bonds is 13. The monoisotopic (exact) mass is 805 g/mol. The summed E-state index contributed by atoms with van der Waals surface area (Å²) in [4.78, 5) is 62.1. The molecular formula is C43H44ClN7O5S. The van der Waals surface area contributed by atoms with E-state index in [0.717, 1.165) is 95.7 Å². The Morgan fingerprint density at radius 3 is 2.40 bits per heavy atom. The highest BCUT2D eigenvalue weighted by Gasteiger charge is 2.59. The second kappa shape index (κ2) is 14.7. The van der Waals surface area contributed by atoms with Crippen molar-refractivity contribution in [3.05, 3.63) is 104 Å². The van der Waals surface area contributed by atoms with Crippen LogP contribution in [0.3, 0.4) is 0 Å². The van der Waals surface area contributed by atoms with Crippen LogP contribution in [0, 0.1) is 26.2 Å². The minimum Gasteiger partial charge on any atom is -0.493 e. The molecule has 1 saturated heterocycles. The Kier molecular flexibility index (Phi) is 9.63. The summed E-state index contributed by atoms with van der Waals surface area (Å²) in [6.07, 6.45) is 9.84. The van der Waals surface area contributed by atoms with Gasteiger partial charge in [0.05, 0.1) is 28.9 Å². The van der Waals surface area contributed by atoms with Gasteiger partial charge in [-0.3, -0.25) is 39.0 Å². The van der Waals surface area contributed by atoms with Gasteiger partial charge in [0.1, 0.15) is 22.6 Å². The molecule has 14 heteroatoms. The number of unbranched alkanes of at least 4 members (excludes halogenated alkanes) is 5. The smallest absolute Gasteiger partial charge is 0.266 e. The zero-order valence-electron chi connectivity index (χ0n) is 32.3. The van der Waals surface area contributed by atoms with E-state index in [9.17, 15) is 19.2 Å². The second-order valence-corrected chi connectivity index (χ2v) is 17.5. The van der Waals surface area contributed by atoms with Crippen LogP contribution in [0.2, 0.25) is 5.02 Å². The van der Waals surface area contributed by atoms with Gasteiger partial charge in [0, 0.05) is 39.8 Å². The lowest BCUT2D eigenvalue weighted by Gasteiger charge is -2.36. The second-order valence-electron chi connectivity index (χ2n) is 15.8. The van der Waals surface area contributed by atoms with Gasteiger partial charge in [0.25, 0.3) is 11.8 Å². The van der Waals surface area contributed by atoms with Crippen LogP contribution in [0.25, 0.3) is 5.00 Å². The maximum absolute atomic E-state index is 13.6. The maximum atomic E-state index is 13.6. The minimum absolute atomic E-state index is 0.177. The number of hydrogen-bond acceptors (Lipinski definition) is 10. The number of nitrogens with one attached hydrogen (secondary N) is 1. The highest BCUT2D eigenvalue weighted by atomic mass is 35.5. The van der Waals surface area contributed by atoms with Crippen LogP contribution in [0.15, 0.2) is 59.2 Å². The van der Waals surface area contributed by atoms with Gasteiger partial charge in [0.15, 0.2) is 11.9 Å². The molecule has 0 bridgehead atoms. The number of fused-ring (bicyclic) bond motifs is 4. The number of benzene rings is 2. The molecule has 6 heterocycles. The van der Waals surface area contributed by atoms with Crippen LogP contribution < -0.4 is 10.1 Å². The van der Waals surface area contributed by atoms with Crippen molar-refractivity contribution in [2.24, 2.45) is 10.4 Å². The molecule has 0 radical (unpaired) electrons. The molecule has 4 aromatic rings. The molecule has 2 aromatic carbocycles. The molecule has 1 spiro atoms. The molecule has 1 aliphatic carbocycles. The molecular weight excluding hydrogens is 762 g/mol. The Balaban J connectivity index is 0.772. The molecule has 294 valence electrons. The largest absolute Gasteiger partial charge is 0.493 e. The number of aromatic nitrogens is 3.